The number of allylic oxidation sites excluding steroid dienone is 3. The van der Waals surface area contributed by atoms with E-state index in [1.54, 1.807) is 5.12 Å². The highest BCUT2D eigenvalue weighted by molar-refractivity contribution is 6.31. The predicted octanol–water partition coefficient (Wildman–Crippen LogP) is 4.50. The summed E-state index contributed by atoms with van der Waals surface area (Å²) in [6.07, 6.45) is -0.203. The van der Waals surface area contributed by atoms with E-state index in [1.807, 2.05) is 44.0 Å². The van der Waals surface area contributed by atoms with E-state index in [9.17, 15) is 27.9 Å². The number of amides is 2. The van der Waals surface area contributed by atoms with Crippen LogP contribution in [0.3, 0.4) is 0 Å². The van der Waals surface area contributed by atoms with Crippen LogP contribution < -0.4 is 22.2 Å². The fraction of sp³-hybridized carbons (Fsp3) is 0.417. The number of aliphatic hydroxyl groups excluding tert-OH is 1. The summed E-state index contributed by atoms with van der Waals surface area (Å²) in [6, 6.07) is 9.09. The number of fused-ring (bicyclic) bond motifs is 1. The first-order valence-corrected chi connectivity index (χ1v) is 17.6. The molecule has 8 N–H and O–H groups in total. The lowest BCUT2D eigenvalue weighted by Gasteiger charge is -2.42. The van der Waals surface area contributed by atoms with E-state index in [0.29, 0.717) is 43.6 Å². The lowest BCUT2D eigenvalue weighted by atomic mass is 9.99. The number of primary amides is 1. The largest absolute Gasteiger partial charge is 0.504 e. The SMILES string of the molecule is CC.CC/C(=C/C=O)N/C=N/C(NN(Cc1ccc(C(F)(F)F)cc1Cl)N1CCN(C(=O)/C(N)=C(\O)C(C)=N)CC1)c1ccc2c(c1)CCOC2.NC=O. The smallest absolute Gasteiger partial charge is 0.416 e. The number of halogens is 4. The zero-order valence-electron chi connectivity index (χ0n) is 30.8. The number of alkyl halides is 3. The second-order valence-corrected chi connectivity index (χ2v) is 12.0. The van der Waals surface area contributed by atoms with E-state index in [1.165, 1.54) is 30.3 Å². The van der Waals surface area contributed by atoms with Crippen molar-refractivity contribution >= 4 is 42.3 Å². The van der Waals surface area contributed by atoms with E-state index in [4.69, 9.17) is 37.3 Å². The van der Waals surface area contributed by atoms with Crippen molar-refractivity contribution in [2.24, 2.45) is 16.5 Å². The highest BCUT2D eigenvalue weighted by atomic mass is 35.5. The fourth-order valence-corrected chi connectivity index (χ4v) is 5.53. The topological polar surface area (TPSA) is 203 Å². The number of carbonyl (C=O) groups is 3. The van der Waals surface area contributed by atoms with Crippen molar-refractivity contribution in [3.05, 3.63) is 92.5 Å². The van der Waals surface area contributed by atoms with Gasteiger partial charge in [0.05, 0.1) is 37.4 Å². The third kappa shape index (κ3) is 13.2. The molecule has 1 saturated heterocycles. The van der Waals surface area contributed by atoms with Gasteiger partial charge in [-0.15, -0.1) is 0 Å². The minimum Gasteiger partial charge on any atom is -0.504 e. The molecule has 2 aliphatic rings. The van der Waals surface area contributed by atoms with Gasteiger partial charge in [0.15, 0.2) is 5.76 Å². The van der Waals surface area contributed by atoms with Gasteiger partial charge >= 0.3 is 6.18 Å². The summed E-state index contributed by atoms with van der Waals surface area (Å²) in [5, 5.41) is 24.2. The van der Waals surface area contributed by atoms with Crippen LogP contribution in [0.2, 0.25) is 5.02 Å². The number of aliphatic hydroxyl groups is 1. The van der Waals surface area contributed by atoms with E-state index in [2.05, 4.69) is 16.5 Å². The van der Waals surface area contributed by atoms with Crippen LogP contribution in [0.1, 0.15) is 68.1 Å². The number of benzene rings is 2. The summed E-state index contributed by atoms with van der Waals surface area (Å²) < 4.78 is 45.8. The average Bonchev–Trinajstić information content (AvgIpc) is 3.17. The Bertz CT molecular complexity index is 1680. The number of piperazine rings is 1. The Morgan fingerprint density at radius 2 is 1.81 bits per heavy atom. The van der Waals surface area contributed by atoms with E-state index in [-0.39, 0.29) is 49.9 Å². The molecule has 18 heteroatoms. The third-order valence-electron chi connectivity index (χ3n) is 8.14. The van der Waals surface area contributed by atoms with Crippen molar-refractivity contribution in [1.29, 1.82) is 5.41 Å². The number of nitrogens with one attached hydrogen (secondary N) is 3. The Morgan fingerprint density at radius 1 is 1.15 bits per heavy atom. The normalized spacial score (nSPS) is 15.9. The van der Waals surface area contributed by atoms with Crippen molar-refractivity contribution in [1.82, 2.24) is 25.8 Å². The molecule has 2 aliphatic heterocycles. The summed E-state index contributed by atoms with van der Waals surface area (Å²) in [5.74, 6) is -1.21. The van der Waals surface area contributed by atoms with Crippen molar-refractivity contribution in [2.75, 3.05) is 32.8 Å². The molecule has 1 unspecified atom stereocenters. The van der Waals surface area contributed by atoms with Crippen LogP contribution in [0, 0.1) is 5.41 Å². The van der Waals surface area contributed by atoms with Gasteiger partial charge in [-0.3, -0.25) is 19.4 Å². The molecular weight excluding hydrogens is 731 g/mol. The van der Waals surface area contributed by atoms with Crippen molar-refractivity contribution in [3.8, 4) is 0 Å². The zero-order chi connectivity index (χ0) is 40.4. The number of hydrogen-bond acceptors (Lipinski definition) is 11. The van der Waals surface area contributed by atoms with Gasteiger partial charge in [-0.1, -0.05) is 56.6 Å². The van der Waals surface area contributed by atoms with Crippen LogP contribution >= 0.6 is 11.6 Å². The van der Waals surface area contributed by atoms with Crippen LogP contribution in [0.25, 0.3) is 0 Å². The number of ether oxygens (including phenoxy) is 1. The lowest BCUT2D eigenvalue weighted by molar-refractivity contribution is -0.140. The molecule has 2 aromatic carbocycles. The van der Waals surface area contributed by atoms with E-state index < -0.39 is 35.3 Å². The number of carbonyl (C=O) groups excluding carboxylic acids is 3. The number of aliphatic imine (C=N–C) groups is 1. The van der Waals surface area contributed by atoms with Gasteiger partial charge in [0, 0.05) is 36.9 Å². The highest BCUT2D eigenvalue weighted by Gasteiger charge is 2.32. The molecule has 0 radical (unpaired) electrons. The summed E-state index contributed by atoms with van der Waals surface area (Å²) in [5.41, 5.74) is 15.9. The minimum absolute atomic E-state index is 0.0320. The quantitative estimate of drug-likeness (QED) is 0.0420. The molecule has 0 saturated carbocycles. The summed E-state index contributed by atoms with van der Waals surface area (Å²) in [4.78, 5) is 38.8. The number of nitrogens with two attached hydrogens (primary N) is 2. The number of nitrogens with zero attached hydrogens (tertiary/aromatic N) is 4. The Hall–Kier alpha value is -4.81. The molecule has 0 aliphatic carbocycles. The number of hydrazine groups is 2. The molecule has 0 aromatic heterocycles. The van der Waals surface area contributed by atoms with Gasteiger partial charge in [0.2, 0.25) is 6.41 Å². The molecule has 0 spiro atoms. The Morgan fingerprint density at radius 3 is 2.39 bits per heavy atom. The average molecular weight is 780 g/mol. The first-order chi connectivity index (χ1) is 25.7. The molecule has 54 heavy (non-hydrogen) atoms. The summed E-state index contributed by atoms with van der Waals surface area (Å²) >= 11 is 6.40. The first-order valence-electron chi connectivity index (χ1n) is 17.2. The van der Waals surface area contributed by atoms with Crippen molar-refractivity contribution in [2.45, 2.75) is 66.0 Å². The van der Waals surface area contributed by atoms with Crippen LogP contribution in [-0.4, -0.2) is 83.6 Å². The minimum atomic E-state index is -4.57. The zero-order valence-corrected chi connectivity index (χ0v) is 31.5. The Kier molecular flexibility index (Phi) is 18.8. The molecule has 2 amide bonds. The van der Waals surface area contributed by atoms with Crippen molar-refractivity contribution < 1.29 is 37.4 Å². The summed E-state index contributed by atoms with van der Waals surface area (Å²) in [7, 11) is 0. The van der Waals surface area contributed by atoms with Crippen LogP contribution in [0.5, 0.6) is 0 Å². The first kappa shape index (κ1) is 45.3. The lowest BCUT2D eigenvalue weighted by Crippen LogP contribution is -2.59. The third-order valence-corrected chi connectivity index (χ3v) is 8.49. The Balaban J connectivity index is 0.00000192. The maximum atomic E-state index is 13.4. The maximum absolute atomic E-state index is 13.4. The summed E-state index contributed by atoms with van der Waals surface area (Å²) in [6.45, 7) is 9.22. The van der Waals surface area contributed by atoms with Gasteiger partial charge < -0.3 is 36.9 Å². The molecule has 1 fully saturated rings. The maximum Gasteiger partial charge on any atom is 0.416 e. The Labute approximate surface area is 318 Å². The number of aldehydes is 1. The van der Waals surface area contributed by atoms with E-state index >= 15 is 0 Å². The number of hydrogen-bond donors (Lipinski definition) is 6. The highest BCUT2D eigenvalue weighted by Crippen LogP contribution is 2.33. The molecule has 14 nitrogen and oxygen atoms in total. The van der Waals surface area contributed by atoms with E-state index in [0.717, 1.165) is 28.8 Å². The standard InChI is InChI=1S/C33H40ClF3N8O4.C2H6.CH3NO/c1-3-27(8-14-46)40-20-41-31(23-4-5-25-19-49-15-9-22(25)16-23)42-45(18-24-6-7-26(17-28(24)34)33(35,36)37)44-12-10-43(11-13-44)32(48)29(39)30(47)21(2)38;1-2;2-1-3/h4-8,14,16-17,20,31,38,42,47H,3,9-13,15,18-19,39H2,1-2H3,(H,40,41);1-2H3;1H,(H2,2,3)/b27-8-,30-29+,38-21?;;. The van der Waals surface area contributed by atoms with Crippen LogP contribution in [-0.2, 0) is 44.9 Å². The molecule has 2 aromatic rings. The van der Waals surface area contributed by atoms with Crippen LogP contribution in [0.4, 0.5) is 13.2 Å². The van der Waals surface area contributed by atoms with Gasteiger partial charge in [0.25, 0.3) is 5.91 Å². The molecular formula is C36H49ClF3N9O5. The molecule has 4 rings (SSSR count). The van der Waals surface area contributed by atoms with Crippen molar-refractivity contribution in [3.63, 3.8) is 0 Å². The molecule has 0 bridgehead atoms. The van der Waals surface area contributed by atoms with Gasteiger partial charge in [-0.2, -0.15) is 18.3 Å². The van der Waals surface area contributed by atoms with Gasteiger partial charge in [0.1, 0.15) is 18.1 Å². The fourth-order valence-electron chi connectivity index (χ4n) is 5.29. The number of rotatable bonds is 13. The van der Waals surface area contributed by atoms with Crippen LogP contribution in [0.15, 0.2) is 64.6 Å². The van der Waals surface area contributed by atoms with Gasteiger partial charge in [-0.05, 0) is 60.2 Å². The second-order valence-electron chi connectivity index (χ2n) is 11.6. The monoisotopic (exact) mass is 779 g/mol. The second kappa shape index (κ2) is 22.4. The molecule has 296 valence electrons. The predicted molar refractivity (Wildman–Crippen MR) is 201 cm³/mol. The molecule has 1 atom stereocenters. The molecule has 2 heterocycles. The van der Waals surface area contributed by atoms with Gasteiger partial charge in [-0.25, -0.2) is 10.4 Å².